The zero-order chi connectivity index (χ0) is 13.8. The predicted molar refractivity (Wildman–Crippen MR) is 79.8 cm³/mol. The van der Waals surface area contributed by atoms with E-state index in [1.165, 1.54) is 24.8 Å². The van der Waals surface area contributed by atoms with E-state index in [0.29, 0.717) is 0 Å². The fourth-order valence-electron chi connectivity index (χ4n) is 3.55. The lowest BCUT2D eigenvalue weighted by Crippen LogP contribution is -2.46. The molecule has 2 atom stereocenters. The van der Waals surface area contributed by atoms with Crippen molar-refractivity contribution >= 4 is 0 Å². The van der Waals surface area contributed by atoms with Gasteiger partial charge in [-0.2, -0.15) is 0 Å². The van der Waals surface area contributed by atoms with Gasteiger partial charge in [0.15, 0.2) is 0 Å². The standard InChI is InChI=1S/C17H25NO2/c19-17-15-8-5-4-7-14(15)6-2-1-3-9-16(17)18-10-12-20-13-11-18/h4-5,7-8,16-17,19H,1-3,6,9-13H2/t16-,17+/m0/s1. The molecule has 110 valence electrons. The molecule has 1 aliphatic carbocycles. The molecule has 1 N–H and O–H groups in total. The molecule has 1 fully saturated rings. The van der Waals surface area contributed by atoms with Crippen molar-refractivity contribution in [3.05, 3.63) is 35.4 Å². The SMILES string of the molecule is O[C@@H]1c2ccccc2CCCCC[C@@H]1N1CCOCC1. The second-order valence-corrected chi connectivity index (χ2v) is 5.96. The number of benzene rings is 1. The summed E-state index contributed by atoms with van der Waals surface area (Å²) in [4.78, 5) is 2.43. The maximum Gasteiger partial charge on any atom is 0.0947 e. The molecule has 0 saturated carbocycles. The number of nitrogens with zero attached hydrogens (tertiary/aromatic N) is 1. The van der Waals surface area contributed by atoms with Gasteiger partial charge in [0.25, 0.3) is 0 Å². The molecule has 0 spiro atoms. The van der Waals surface area contributed by atoms with Crippen molar-refractivity contribution in [2.45, 2.75) is 44.2 Å². The van der Waals surface area contributed by atoms with Crippen molar-refractivity contribution in [1.82, 2.24) is 4.90 Å². The van der Waals surface area contributed by atoms with E-state index in [9.17, 15) is 5.11 Å². The lowest BCUT2D eigenvalue weighted by molar-refractivity contribution is -0.0257. The van der Waals surface area contributed by atoms with Crippen molar-refractivity contribution in [3.63, 3.8) is 0 Å². The summed E-state index contributed by atoms with van der Waals surface area (Å²) in [6, 6.07) is 8.68. The molecule has 2 aliphatic rings. The molecule has 0 amide bonds. The highest BCUT2D eigenvalue weighted by Gasteiger charge is 2.29. The van der Waals surface area contributed by atoms with Crippen LogP contribution in [0.25, 0.3) is 0 Å². The van der Waals surface area contributed by atoms with E-state index in [0.717, 1.165) is 44.7 Å². The number of aliphatic hydroxyl groups excluding tert-OH is 1. The van der Waals surface area contributed by atoms with E-state index in [1.54, 1.807) is 0 Å². The molecule has 0 radical (unpaired) electrons. The Labute approximate surface area is 121 Å². The van der Waals surface area contributed by atoms with Crippen LogP contribution in [-0.4, -0.2) is 42.4 Å². The van der Waals surface area contributed by atoms with Gasteiger partial charge >= 0.3 is 0 Å². The van der Waals surface area contributed by atoms with Crippen LogP contribution in [-0.2, 0) is 11.2 Å². The molecule has 20 heavy (non-hydrogen) atoms. The first-order valence-corrected chi connectivity index (χ1v) is 7.94. The molecule has 1 heterocycles. The van der Waals surface area contributed by atoms with E-state index in [4.69, 9.17) is 4.74 Å². The Bertz CT molecular complexity index is 429. The quantitative estimate of drug-likeness (QED) is 0.855. The van der Waals surface area contributed by atoms with Gasteiger partial charge in [0.05, 0.1) is 19.3 Å². The Kier molecular flexibility index (Phi) is 4.71. The van der Waals surface area contributed by atoms with E-state index < -0.39 is 0 Å². The van der Waals surface area contributed by atoms with Crippen LogP contribution in [0.2, 0.25) is 0 Å². The van der Waals surface area contributed by atoms with Crippen LogP contribution in [0.3, 0.4) is 0 Å². The van der Waals surface area contributed by atoms with Gasteiger partial charge in [-0.1, -0.05) is 37.1 Å². The minimum atomic E-state index is -0.359. The van der Waals surface area contributed by atoms with Crippen molar-refractivity contribution in [2.75, 3.05) is 26.3 Å². The molecule has 0 bridgehead atoms. The average Bonchev–Trinajstić information content (AvgIpc) is 2.58. The summed E-state index contributed by atoms with van der Waals surface area (Å²) in [6.45, 7) is 3.49. The maximum absolute atomic E-state index is 10.9. The summed E-state index contributed by atoms with van der Waals surface area (Å²) < 4.78 is 5.45. The van der Waals surface area contributed by atoms with Gasteiger partial charge in [-0.05, 0) is 30.4 Å². The van der Waals surface area contributed by atoms with Crippen LogP contribution in [0.15, 0.2) is 24.3 Å². The van der Waals surface area contributed by atoms with E-state index in [-0.39, 0.29) is 12.1 Å². The van der Waals surface area contributed by atoms with E-state index in [2.05, 4.69) is 29.2 Å². The first kappa shape index (κ1) is 14.1. The topological polar surface area (TPSA) is 32.7 Å². The number of fused-ring (bicyclic) bond motifs is 1. The van der Waals surface area contributed by atoms with Crippen LogP contribution >= 0.6 is 0 Å². The highest BCUT2D eigenvalue weighted by molar-refractivity contribution is 5.30. The lowest BCUT2D eigenvalue weighted by atomic mass is 9.93. The molecule has 1 saturated heterocycles. The van der Waals surface area contributed by atoms with Gasteiger partial charge in [-0.3, -0.25) is 4.90 Å². The second kappa shape index (κ2) is 6.70. The number of morpholine rings is 1. The van der Waals surface area contributed by atoms with Crippen molar-refractivity contribution in [2.24, 2.45) is 0 Å². The molecule has 1 aromatic carbocycles. The van der Waals surface area contributed by atoms with Crippen LogP contribution < -0.4 is 0 Å². The zero-order valence-corrected chi connectivity index (χ0v) is 12.1. The molecular formula is C17H25NO2. The molecule has 0 aromatic heterocycles. The Morgan fingerprint density at radius 3 is 2.70 bits per heavy atom. The van der Waals surface area contributed by atoms with Gasteiger partial charge in [0.1, 0.15) is 0 Å². The van der Waals surface area contributed by atoms with Gasteiger partial charge in [0.2, 0.25) is 0 Å². The summed E-state index contributed by atoms with van der Waals surface area (Å²) in [5, 5.41) is 10.9. The predicted octanol–water partition coefficient (Wildman–Crippen LogP) is 2.54. The normalized spacial score (nSPS) is 29.1. The van der Waals surface area contributed by atoms with Gasteiger partial charge < -0.3 is 9.84 Å². The summed E-state index contributed by atoms with van der Waals surface area (Å²) in [7, 11) is 0. The van der Waals surface area contributed by atoms with Crippen LogP contribution in [0.5, 0.6) is 0 Å². The molecular weight excluding hydrogens is 250 g/mol. The number of hydrogen-bond acceptors (Lipinski definition) is 3. The highest BCUT2D eigenvalue weighted by atomic mass is 16.5. The van der Waals surface area contributed by atoms with Crippen LogP contribution in [0.1, 0.15) is 42.9 Å². The molecule has 0 unspecified atom stereocenters. The molecule has 3 rings (SSSR count). The Morgan fingerprint density at radius 2 is 1.85 bits per heavy atom. The molecule has 3 nitrogen and oxygen atoms in total. The van der Waals surface area contributed by atoms with Crippen LogP contribution in [0.4, 0.5) is 0 Å². The Morgan fingerprint density at radius 1 is 1.05 bits per heavy atom. The number of hydrogen-bond donors (Lipinski definition) is 1. The number of aryl methyl sites for hydroxylation is 1. The van der Waals surface area contributed by atoms with Gasteiger partial charge in [-0.25, -0.2) is 0 Å². The monoisotopic (exact) mass is 275 g/mol. The van der Waals surface area contributed by atoms with Gasteiger partial charge in [-0.15, -0.1) is 0 Å². The average molecular weight is 275 g/mol. The second-order valence-electron chi connectivity index (χ2n) is 5.96. The number of aliphatic hydroxyl groups is 1. The van der Waals surface area contributed by atoms with Crippen LogP contribution in [0, 0.1) is 0 Å². The third-order valence-electron chi connectivity index (χ3n) is 4.70. The summed E-state index contributed by atoms with van der Waals surface area (Å²) in [5.74, 6) is 0. The smallest absolute Gasteiger partial charge is 0.0947 e. The third kappa shape index (κ3) is 3.05. The maximum atomic E-state index is 10.9. The summed E-state index contributed by atoms with van der Waals surface area (Å²) in [5.41, 5.74) is 2.48. The first-order valence-electron chi connectivity index (χ1n) is 7.94. The van der Waals surface area contributed by atoms with Crippen molar-refractivity contribution in [3.8, 4) is 0 Å². The largest absolute Gasteiger partial charge is 0.387 e. The Balaban J connectivity index is 1.86. The minimum absolute atomic E-state index is 0.248. The fourth-order valence-corrected chi connectivity index (χ4v) is 3.55. The van der Waals surface area contributed by atoms with Crippen molar-refractivity contribution in [1.29, 1.82) is 0 Å². The van der Waals surface area contributed by atoms with Gasteiger partial charge in [0, 0.05) is 19.1 Å². The molecule has 1 aromatic rings. The lowest BCUT2D eigenvalue weighted by Gasteiger charge is -2.37. The summed E-state index contributed by atoms with van der Waals surface area (Å²) in [6.07, 6.45) is 5.55. The van der Waals surface area contributed by atoms with E-state index >= 15 is 0 Å². The summed E-state index contributed by atoms with van der Waals surface area (Å²) >= 11 is 0. The third-order valence-corrected chi connectivity index (χ3v) is 4.70. The number of rotatable bonds is 1. The Hall–Kier alpha value is -0.900. The fraction of sp³-hybridized carbons (Fsp3) is 0.647. The number of ether oxygens (including phenoxy) is 1. The minimum Gasteiger partial charge on any atom is -0.387 e. The zero-order valence-electron chi connectivity index (χ0n) is 12.1. The molecule has 3 heteroatoms. The molecule has 1 aliphatic heterocycles. The van der Waals surface area contributed by atoms with E-state index in [1.807, 2.05) is 0 Å². The van der Waals surface area contributed by atoms with Crippen molar-refractivity contribution < 1.29 is 9.84 Å². The first-order chi connectivity index (χ1) is 9.86. The highest BCUT2D eigenvalue weighted by Crippen LogP contribution is 2.30.